The predicted octanol–water partition coefficient (Wildman–Crippen LogP) is -0.310. The summed E-state index contributed by atoms with van der Waals surface area (Å²) in [5.41, 5.74) is 1.76. The average molecular weight is 300 g/mol. The first-order valence-electron chi connectivity index (χ1n) is 6.23. The molecule has 0 aliphatic heterocycles. The van der Waals surface area contributed by atoms with Crippen LogP contribution in [0.15, 0.2) is 6.07 Å². The zero-order valence-electron chi connectivity index (χ0n) is 12.1. The maximum atomic E-state index is 11.7. The van der Waals surface area contributed by atoms with Crippen molar-refractivity contribution in [3.05, 3.63) is 23.3 Å². The molecule has 20 heavy (non-hydrogen) atoms. The second-order valence-electron chi connectivity index (χ2n) is 4.72. The Balaban J connectivity index is 2.46. The number of hydrogen-bond acceptors (Lipinski definition) is 5. The van der Waals surface area contributed by atoms with Gasteiger partial charge in [0.25, 0.3) is 0 Å². The minimum absolute atomic E-state index is 0.359. The summed E-state index contributed by atoms with van der Waals surface area (Å²) >= 11 is 0. The maximum Gasteiger partial charge on any atom is 0.237 e. The summed E-state index contributed by atoms with van der Waals surface area (Å²) in [4.78, 5) is 20.2. The number of nitrogens with zero attached hydrogens (tertiary/aromatic N) is 2. The van der Waals surface area contributed by atoms with Crippen LogP contribution in [-0.4, -0.2) is 43.1 Å². The molecule has 1 heterocycles. The van der Waals surface area contributed by atoms with Crippen molar-refractivity contribution in [3.8, 4) is 0 Å². The number of amides is 1. The Labute approximate surface area is 119 Å². The van der Waals surface area contributed by atoms with Crippen molar-refractivity contribution < 1.29 is 13.2 Å². The van der Waals surface area contributed by atoms with Crippen LogP contribution >= 0.6 is 0 Å². The first kappa shape index (κ1) is 16.5. The lowest BCUT2D eigenvalue weighted by Gasteiger charge is -2.12. The van der Waals surface area contributed by atoms with Gasteiger partial charge < -0.3 is 5.32 Å². The lowest BCUT2D eigenvalue weighted by Crippen LogP contribution is -2.44. The number of hydrogen-bond donors (Lipinski definition) is 2. The van der Waals surface area contributed by atoms with Gasteiger partial charge in [-0.3, -0.25) is 4.79 Å². The monoisotopic (exact) mass is 300 g/mol. The maximum absolute atomic E-state index is 11.7. The van der Waals surface area contributed by atoms with Crippen LogP contribution < -0.4 is 10.0 Å². The van der Waals surface area contributed by atoms with E-state index in [0.29, 0.717) is 18.8 Å². The Morgan fingerprint density at radius 1 is 1.30 bits per heavy atom. The van der Waals surface area contributed by atoms with Gasteiger partial charge in [0.15, 0.2) is 0 Å². The first-order chi connectivity index (χ1) is 9.17. The lowest BCUT2D eigenvalue weighted by molar-refractivity contribution is -0.122. The summed E-state index contributed by atoms with van der Waals surface area (Å²) in [6, 6.07) is 1.07. The number of nitrogens with one attached hydrogen (secondary N) is 2. The topological polar surface area (TPSA) is 101 Å². The number of carbonyl (C=O) groups excluding carboxylic acids is 1. The molecule has 0 saturated carbocycles. The molecule has 0 spiro atoms. The molecule has 1 atom stereocenters. The van der Waals surface area contributed by atoms with Crippen LogP contribution in [0.2, 0.25) is 0 Å². The van der Waals surface area contributed by atoms with Gasteiger partial charge >= 0.3 is 0 Å². The highest BCUT2D eigenvalue weighted by Crippen LogP contribution is 1.99. The predicted molar refractivity (Wildman–Crippen MR) is 75.7 cm³/mol. The van der Waals surface area contributed by atoms with Crippen LogP contribution in [0.25, 0.3) is 0 Å². The van der Waals surface area contributed by atoms with Gasteiger partial charge in [0.05, 0.1) is 12.3 Å². The van der Waals surface area contributed by atoms with Crippen molar-refractivity contribution in [2.45, 2.75) is 33.2 Å². The van der Waals surface area contributed by atoms with Gasteiger partial charge in [-0.2, -0.15) is 0 Å². The number of rotatable bonds is 6. The van der Waals surface area contributed by atoms with Crippen LogP contribution in [0.3, 0.4) is 0 Å². The van der Waals surface area contributed by atoms with Gasteiger partial charge in [-0.05, 0) is 26.8 Å². The Bertz CT molecular complexity index is 566. The molecular weight excluding hydrogens is 280 g/mol. The second kappa shape index (κ2) is 6.76. The average Bonchev–Trinajstić information content (AvgIpc) is 2.25. The van der Waals surface area contributed by atoms with Crippen LogP contribution in [-0.2, 0) is 21.2 Å². The molecule has 8 heteroatoms. The number of carbonyl (C=O) groups is 1. The van der Waals surface area contributed by atoms with Gasteiger partial charge in [0, 0.05) is 24.4 Å². The molecule has 7 nitrogen and oxygen atoms in total. The summed E-state index contributed by atoms with van der Waals surface area (Å²) in [7, 11) is -3.39. The standard InChI is InChI=1S/C12H20N4O3S/c1-8-7-9(2)15-11(14-8)5-6-13-12(17)10(3)16-20(4,18)19/h7,10,16H,5-6H2,1-4H3,(H,13,17)/t10-/m1/s1. The van der Waals surface area contributed by atoms with E-state index in [1.165, 1.54) is 6.92 Å². The SMILES string of the molecule is Cc1cc(C)nc(CCNC(=O)[C@@H](C)NS(C)(=O)=O)n1. The van der Waals surface area contributed by atoms with Crippen molar-refractivity contribution in [3.63, 3.8) is 0 Å². The number of aromatic nitrogens is 2. The summed E-state index contributed by atoms with van der Waals surface area (Å²) in [6.07, 6.45) is 1.51. The molecular formula is C12H20N4O3S. The van der Waals surface area contributed by atoms with E-state index in [9.17, 15) is 13.2 Å². The lowest BCUT2D eigenvalue weighted by atomic mass is 10.3. The van der Waals surface area contributed by atoms with Gasteiger partial charge in [-0.25, -0.2) is 23.1 Å². The van der Waals surface area contributed by atoms with Crippen LogP contribution in [0.4, 0.5) is 0 Å². The summed E-state index contributed by atoms with van der Waals surface area (Å²) < 4.78 is 24.2. The molecule has 0 bridgehead atoms. The van der Waals surface area contributed by atoms with E-state index < -0.39 is 16.1 Å². The van der Waals surface area contributed by atoms with Gasteiger partial charge in [-0.15, -0.1) is 0 Å². The molecule has 0 saturated heterocycles. The smallest absolute Gasteiger partial charge is 0.237 e. The van der Waals surface area contributed by atoms with E-state index >= 15 is 0 Å². The molecule has 112 valence electrons. The van der Waals surface area contributed by atoms with Crippen molar-refractivity contribution in [2.75, 3.05) is 12.8 Å². The van der Waals surface area contributed by atoms with E-state index in [-0.39, 0.29) is 5.91 Å². The highest BCUT2D eigenvalue weighted by molar-refractivity contribution is 7.88. The van der Waals surface area contributed by atoms with Crippen LogP contribution in [0, 0.1) is 13.8 Å². The third-order valence-electron chi connectivity index (χ3n) is 2.46. The first-order valence-corrected chi connectivity index (χ1v) is 8.12. The highest BCUT2D eigenvalue weighted by Gasteiger charge is 2.16. The van der Waals surface area contributed by atoms with Crippen molar-refractivity contribution in [2.24, 2.45) is 0 Å². The Morgan fingerprint density at radius 3 is 2.35 bits per heavy atom. The fourth-order valence-corrected chi connectivity index (χ4v) is 2.49. The Kier molecular flexibility index (Phi) is 5.58. The normalized spacial score (nSPS) is 13.0. The zero-order valence-corrected chi connectivity index (χ0v) is 12.9. The fraction of sp³-hybridized carbons (Fsp3) is 0.583. The van der Waals surface area contributed by atoms with Gasteiger partial charge in [-0.1, -0.05) is 0 Å². The quantitative estimate of drug-likeness (QED) is 0.750. The molecule has 0 unspecified atom stereocenters. The Hall–Kier alpha value is -1.54. The Morgan fingerprint density at radius 2 is 1.85 bits per heavy atom. The van der Waals surface area contributed by atoms with Crippen molar-refractivity contribution in [1.82, 2.24) is 20.0 Å². The van der Waals surface area contributed by atoms with E-state index in [1.807, 2.05) is 19.9 Å². The second-order valence-corrected chi connectivity index (χ2v) is 6.50. The molecule has 0 aromatic carbocycles. The number of sulfonamides is 1. The zero-order chi connectivity index (χ0) is 15.3. The van der Waals surface area contributed by atoms with Crippen LogP contribution in [0.5, 0.6) is 0 Å². The summed E-state index contributed by atoms with van der Waals surface area (Å²) in [6.45, 7) is 5.62. The molecule has 1 aromatic heterocycles. The van der Waals surface area contributed by atoms with Gasteiger partial charge in [0.1, 0.15) is 5.82 Å². The molecule has 1 rings (SSSR count). The minimum Gasteiger partial charge on any atom is -0.354 e. The molecule has 0 aliphatic carbocycles. The third-order valence-corrected chi connectivity index (χ3v) is 3.24. The van der Waals surface area contributed by atoms with E-state index in [4.69, 9.17) is 0 Å². The van der Waals surface area contributed by atoms with Crippen LogP contribution in [0.1, 0.15) is 24.1 Å². The molecule has 1 aromatic rings. The largest absolute Gasteiger partial charge is 0.354 e. The molecule has 0 aliphatic rings. The summed E-state index contributed by atoms with van der Waals surface area (Å²) in [5.74, 6) is 0.284. The van der Waals surface area contributed by atoms with E-state index in [1.54, 1.807) is 0 Å². The number of aryl methyl sites for hydroxylation is 2. The van der Waals surface area contributed by atoms with E-state index in [0.717, 1.165) is 17.6 Å². The summed E-state index contributed by atoms with van der Waals surface area (Å²) in [5, 5.41) is 2.65. The minimum atomic E-state index is -3.39. The van der Waals surface area contributed by atoms with Crippen molar-refractivity contribution >= 4 is 15.9 Å². The van der Waals surface area contributed by atoms with Gasteiger partial charge in [0.2, 0.25) is 15.9 Å². The molecule has 0 radical (unpaired) electrons. The van der Waals surface area contributed by atoms with E-state index in [2.05, 4.69) is 20.0 Å². The molecule has 0 fully saturated rings. The van der Waals surface area contributed by atoms with Crippen molar-refractivity contribution in [1.29, 1.82) is 0 Å². The highest BCUT2D eigenvalue weighted by atomic mass is 32.2. The molecule has 1 amide bonds. The fourth-order valence-electron chi connectivity index (χ4n) is 1.74. The third kappa shape index (κ3) is 6.07. The molecule has 2 N–H and O–H groups in total.